The Bertz CT molecular complexity index is 1560. The zero-order valence-electron chi connectivity index (χ0n) is 19.0. The van der Waals surface area contributed by atoms with Gasteiger partial charge in [-0.1, -0.05) is 59.8 Å². The van der Waals surface area contributed by atoms with Crippen molar-refractivity contribution < 1.29 is 14.0 Å². The average molecular weight is 536 g/mol. The van der Waals surface area contributed by atoms with Crippen molar-refractivity contribution in [3.63, 3.8) is 0 Å². The number of carbonyl (C=O) groups is 2. The van der Waals surface area contributed by atoms with Gasteiger partial charge in [0.1, 0.15) is 5.82 Å². The summed E-state index contributed by atoms with van der Waals surface area (Å²) in [7, 11) is 0. The van der Waals surface area contributed by atoms with Gasteiger partial charge in [-0.05, 0) is 66.7 Å². The minimum Gasteiger partial charge on any atom is -0.342 e. The van der Waals surface area contributed by atoms with E-state index < -0.39 is 11.8 Å². The number of fused-ring (bicyclic) bond motifs is 1. The molecule has 0 atom stereocenters. The molecule has 5 rings (SSSR count). The third-order valence-electron chi connectivity index (χ3n) is 5.75. The van der Waals surface area contributed by atoms with E-state index in [1.54, 1.807) is 36.4 Å². The molecular formula is C27H19ClFN3O2S2. The van der Waals surface area contributed by atoms with Crippen molar-refractivity contribution in [2.24, 2.45) is 0 Å². The zero-order chi connectivity index (χ0) is 25.4. The SMILES string of the molecule is Cc1ccc(C(=O)NN2C(=O)/C(=C/c3cn(Cc4ccc(F)cc4)c4ccccc34)SC2=S)c(Cl)c1. The minimum absolute atomic E-state index is 0.220. The number of hydrogen-bond donors (Lipinski definition) is 1. The fourth-order valence-corrected chi connectivity index (χ4v) is 5.47. The topological polar surface area (TPSA) is 54.3 Å². The Morgan fingerprint density at radius 3 is 2.64 bits per heavy atom. The summed E-state index contributed by atoms with van der Waals surface area (Å²) in [4.78, 5) is 26.3. The molecule has 1 aliphatic heterocycles. The number of nitrogens with one attached hydrogen (secondary N) is 1. The molecule has 3 aromatic carbocycles. The van der Waals surface area contributed by atoms with Crippen LogP contribution in [0.1, 0.15) is 27.0 Å². The Labute approximate surface area is 221 Å². The highest BCUT2D eigenvalue weighted by Gasteiger charge is 2.34. The number of thiocarbonyl (C=S) groups is 1. The van der Waals surface area contributed by atoms with Gasteiger partial charge in [0.05, 0.1) is 15.5 Å². The highest BCUT2D eigenvalue weighted by atomic mass is 35.5. The van der Waals surface area contributed by atoms with Crippen LogP contribution >= 0.6 is 35.6 Å². The number of hydrogen-bond acceptors (Lipinski definition) is 4. The molecule has 9 heteroatoms. The fraction of sp³-hybridized carbons (Fsp3) is 0.0741. The molecule has 1 aromatic heterocycles. The van der Waals surface area contributed by atoms with Crippen LogP contribution in [0.15, 0.2) is 77.8 Å². The van der Waals surface area contributed by atoms with Crippen LogP contribution in [0.3, 0.4) is 0 Å². The summed E-state index contributed by atoms with van der Waals surface area (Å²) in [6, 6.07) is 19.3. The van der Waals surface area contributed by atoms with E-state index in [0.717, 1.165) is 44.4 Å². The first-order chi connectivity index (χ1) is 17.3. The molecule has 1 N–H and O–H groups in total. The lowest BCUT2D eigenvalue weighted by molar-refractivity contribution is -0.123. The first-order valence-corrected chi connectivity index (χ1v) is 12.6. The molecule has 0 saturated carbocycles. The van der Waals surface area contributed by atoms with Crippen LogP contribution in [-0.2, 0) is 11.3 Å². The molecule has 0 radical (unpaired) electrons. The van der Waals surface area contributed by atoms with Gasteiger partial charge in [-0.2, -0.15) is 5.01 Å². The van der Waals surface area contributed by atoms with Gasteiger partial charge in [0.15, 0.2) is 4.32 Å². The maximum atomic E-state index is 13.3. The van der Waals surface area contributed by atoms with E-state index in [1.807, 2.05) is 37.4 Å². The summed E-state index contributed by atoms with van der Waals surface area (Å²) in [6.07, 6.45) is 3.72. The van der Waals surface area contributed by atoms with E-state index in [1.165, 1.54) is 12.1 Å². The van der Waals surface area contributed by atoms with E-state index in [-0.39, 0.29) is 15.7 Å². The number of carbonyl (C=O) groups excluding carboxylic acids is 2. The average Bonchev–Trinajstić information content (AvgIpc) is 3.32. The van der Waals surface area contributed by atoms with E-state index in [2.05, 4.69) is 9.99 Å². The van der Waals surface area contributed by atoms with Crippen LogP contribution in [0.25, 0.3) is 17.0 Å². The number of para-hydroxylation sites is 1. The van der Waals surface area contributed by atoms with Gasteiger partial charge in [-0.25, -0.2) is 4.39 Å². The van der Waals surface area contributed by atoms with Gasteiger partial charge in [-0.3, -0.25) is 15.0 Å². The molecule has 2 heterocycles. The standard InChI is InChI=1S/C27H19ClFN3O2S2/c1-16-6-11-21(22(28)12-16)25(33)30-32-26(34)24(36-27(32)35)13-18-15-31(23-5-3-2-4-20(18)23)14-17-7-9-19(29)10-8-17/h2-13,15H,14H2,1H3,(H,30,33)/b24-13-. The van der Waals surface area contributed by atoms with Crippen molar-refractivity contribution in [2.75, 3.05) is 0 Å². The fourth-order valence-electron chi connectivity index (χ4n) is 3.98. The molecule has 36 heavy (non-hydrogen) atoms. The molecule has 1 aliphatic rings. The lowest BCUT2D eigenvalue weighted by atomic mass is 10.1. The largest absolute Gasteiger partial charge is 0.342 e. The van der Waals surface area contributed by atoms with Crippen molar-refractivity contribution >= 4 is 68.7 Å². The first kappa shape index (κ1) is 24.2. The van der Waals surface area contributed by atoms with Gasteiger partial charge in [0.25, 0.3) is 11.8 Å². The Morgan fingerprint density at radius 2 is 1.89 bits per heavy atom. The normalized spacial score (nSPS) is 14.8. The maximum absolute atomic E-state index is 13.3. The Morgan fingerprint density at radius 1 is 1.14 bits per heavy atom. The second-order valence-electron chi connectivity index (χ2n) is 8.30. The first-order valence-electron chi connectivity index (χ1n) is 11.0. The highest BCUT2D eigenvalue weighted by Crippen LogP contribution is 2.34. The smallest absolute Gasteiger partial charge is 0.285 e. The molecule has 1 saturated heterocycles. The van der Waals surface area contributed by atoms with Crippen molar-refractivity contribution in [1.82, 2.24) is 15.0 Å². The molecule has 2 amide bonds. The zero-order valence-corrected chi connectivity index (χ0v) is 21.4. The number of nitrogens with zero attached hydrogens (tertiary/aromatic N) is 2. The number of rotatable bonds is 5. The number of aryl methyl sites for hydroxylation is 1. The summed E-state index contributed by atoms with van der Waals surface area (Å²) < 4.78 is 15.6. The Kier molecular flexibility index (Phi) is 6.66. The molecule has 1 fully saturated rings. The van der Waals surface area contributed by atoms with Crippen molar-refractivity contribution in [3.8, 4) is 0 Å². The number of amides is 2. The molecule has 5 nitrogen and oxygen atoms in total. The number of halogens is 2. The van der Waals surface area contributed by atoms with Gasteiger partial charge >= 0.3 is 0 Å². The second-order valence-corrected chi connectivity index (χ2v) is 10.4. The molecule has 180 valence electrons. The summed E-state index contributed by atoms with van der Waals surface area (Å²) in [5.41, 5.74) is 6.51. The lowest BCUT2D eigenvalue weighted by Crippen LogP contribution is -2.44. The van der Waals surface area contributed by atoms with Gasteiger partial charge in [0, 0.05) is 29.2 Å². The number of benzene rings is 3. The van der Waals surface area contributed by atoms with Gasteiger partial charge in [-0.15, -0.1) is 0 Å². The molecule has 4 aromatic rings. The highest BCUT2D eigenvalue weighted by molar-refractivity contribution is 8.26. The van der Waals surface area contributed by atoms with Crippen LogP contribution < -0.4 is 5.43 Å². The van der Waals surface area contributed by atoms with Gasteiger partial charge in [0.2, 0.25) is 0 Å². The Balaban J connectivity index is 1.42. The Hall–Kier alpha value is -3.46. The van der Waals surface area contributed by atoms with E-state index >= 15 is 0 Å². The summed E-state index contributed by atoms with van der Waals surface area (Å²) in [5.74, 6) is -1.22. The molecule has 0 spiro atoms. The monoisotopic (exact) mass is 535 g/mol. The molecule has 0 bridgehead atoms. The number of thioether (sulfide) groups is 1. The third kappa shape index (κ3) is 4.80. The summed E-state index contributed by atoms with van der Waals surface area (Å²) in [5, 5.41) is 2.32. The van der Waals surface area contributed by atoms with E-state index in [4.69, 9.17) is 23.8 Å². The van der Waals surface area contributed by atoms with Crippen molar-refractivity contribution in [1.29, 1.82) is 0 Å². The second kappa shape index (κ2) is 9.89. The lowest BCUT2D eigenvalue weighted by Gasteiger charge is -2.16. The van der Waals surface area contributed by atoms with E-state index in [9.17, 15) is 14.0 Å². The van der Waals surface area contributed by atoms with Crippen LogP contribution in [0.5, 0.6) is 0 Å². The quantitative estimate of drug-likeness (QED) is 0.239. The predicted molar refractivity (Wildman–Crippen MR) is 146 cm³/mol. The number of hydrazine groups is 1. The van der Waals surface area contributed by atoms with Crippen LogP contribution in [0.4, 0.5) is 4.39 Å². The molecule has 0 aliphatic carbocycles. The van der Waals surface area contributed by atoms with Gasteiger partial charge < -0.3 is 4.57 Å². The molecular weight excluding hydrogens is 517 g/mol. The van der Waals surface area contributed by atoms with Crippen LogP contribution in [-0.4, -0.2) is 25.7 Å². The van der Waals surface area contributed by atoms with Crippen LogP contribution in [0, 0.1) is 12.7 Å². The van der Waals surface area contributed by atoms with Crippen molar-refractivity contribution in [2.45, 2.75) is 13.5 Å². The summed E-state index contributed by atoms with van der Waals surface area (Å²) >= 11 is 12.7. The third-order valence-corrected chi connectivity index (χ3v) is 7.36. The number of aromatic nitrogens is 1. The maximum Gasteiger partial charge on any atom is 0.285 e. The van der Waals surface area contributed by atoms with Crippen molar-refractivity contribution in [3.05, 3.63) is 111 Å². The molecule has 0 unspecified atom stereocenters. The van der Waals surface area contributed by atoms with Crippen LogP contribution in [0.2, 0.25) is 5.02 Å². The summed E-state index contributed by atoms with van der Waals surface area (Å²) in [6.45, 7) is 2.42. The van der Waals surface area contributed by atoms with E-state index in [0.29, 0.717) is 16.5 Å². The minimum atomic E-state index is -0.520. The predicted octanol–water partition coefficient (Wildman–Crippen LogP) is 6.34.